The smallest absolute Gasteiger partial charge is 0.269 e. The van der Waals surface area contributed by atoms with Gasteiger partial charge in [0.05, 0.1) is 5.56 Å². The van der Waals surface area contributed by atoms with Crippen LogP contribution < -0.4 is 10.9 Å². The fourth-order valence-corrected chi connectivity index (χ4v) is 1.89. The Morgan fingerprint density at radius 1 is 1.21 bits per heavy atom. The van der Waals surface area contributed by atoms with E-state index in [1.165, 1.54) is 0 Å². The molecule has 0 aliphatic carbocycles. The van der Waals surface area contributed by atoms with Crippen LogP contribution in [0.5, 0.6) is 5.75 Å². The average Bonchev–Trinajstić information content (AvgIpc) is 2.42. The first-order chi connectivity index (χ1) is 9.22. The van der Waals surface area contributed by atoms with Crippen molar-refractivity contribution < 1.29 is 9.90 Å². The third-order valence-electron chi connectivity index (χ3n) is 2.97. The standard InChI is InChI=1S/C15H18N2O2/c1-2-3-8-16-17-15(19)13-9-11-6-4-5-7-12(11)10-14(13)18/h4-7,9-10,16,18H,2-3,8H2,1H3,(H,17,19). The van der Waals surface area contributed by atoms with Gasteiger partial charge in [-0.1, -0.05) is 37.6 Å². The number of amides is 1. The maximum atomic E-state index is 11.9. The third-order valence-corrected chi connectivity index (χ3v) is 2.97. The lowest BCUT2D eigenvalue weighted by Crippen LogP contribution is -2.37. The second-order valence-electron chi connectivity index (χ2n) is 4.45. The van der Waals surface area contributed by atoms with Gasteiger partial charge in [-0.15, -0.1) is 0 Å². The second-order valence-corrected chi connectivity index (χ2v) is 4.45. The van der Waals surface area contributed by atoms with Crippen molar-refractivity contribution in [3.8, 4) is 5.75 Å². The summed E-state index contributed by atoms with van der Waals surface area (Å²) in [4.78, 5) is 11.9. The molecule has 1 amide bonds. The summed E-state index contributed by atoms with van der Waals surface area (Å²) in [6.07, 6.45) is 2.05. The van der Waals surface area contributed by atoms with Gasteiger partial charge in [0.15, 0.2) is 0 Å². The minimum Gasteiger partial charge on any atom is -0.507 e. The van der Waals surface area contributed by atoms with E-state index in [9.17, 15) is 9.90 Å². The minimum atomic E-state index is -0.320. The van der Waals surface area contributed by atoms with Gasteiger partial charge in [-0.05, 0) is 29.3 Å². The van der Waals surface area contributed by atoms with Gasteiger partial charge in [-0.25, -0.2) is 5.43 Å². The largest absolute Gasteiger partial charge is 0.507 e. The summed E-state index contributed by atoms with van der Waals surface area (Å²) in [5.74, 6) is -0.326. The molecule has 0 atom stereocenters. The molecule has 2 rings (SSSR count). The van der Waals surface area contributed by atoms with Gasteiger partial charge < -0.3 is 5.11 Å². The molecule has 0 spiro atoms. The van der Waals surface area contributed by atoms with E-state index in [2.05, 4.69) is 17.8 Å². The van der Waals surface area contributed by atoms with Gasteiger partial charge >= 0.3 is 0 Å². The predicted octanol–water partition coefficient (Wildman–Crippen LogP) is 2.58. The summed E-state index contributed by atoms with van der Waals surface area (Å²) in [6.45, 7) is 2.80. The Hall–Kier alpha value is -2.07. The highest BCUT2D eigenvalue weighted by Crippen LogP contribution is 2.24. The number of rotatable bonds is 5. The SMILES string of the molecule is CCCCNNC(=O)c1cc2ccccc2cc1O. The monoisotopic (exact) mass is 258 g/mol. The van der Waals surface area contributed by atoms with E-state index in [1.807, 2.05) is 24.3 Å². The topological polar surface area (TPSA) is 61.4 Å². The van der Waals surface area contributed by atoms with Gasteiger partial charge in [0.2, 0.25) is 0 Å². The number of benzene rings is 2. The van der Waals surface area contributed by atoms with E-state index in [4.69, 9.17) is 0 Å². The maximum Gasteiger partial charge on any atom is 0.269 e. The molecule has 0 radical (unpaired) electrons. The molecule has 2 aromatic carbocycles. The molecule has 2 aromatic rings. The molecule has 4 nitrogen and oxygen atoms in total. The summed E-state index contributed by atoms with van der Waals surface area (Å²) < 4.78 is 0. The van der Waals surface area contributed by atoms with Crippen molar-refractivity contribution in [1.82, 2.24) is 10.9 Å². The molecule has 0 saturated carbocycles. The molecular weight excluding hydrogens is 240 g/mol. The van der Waals surface area contributed by atoms with Crippen LogP contribution in [-0.2, 0) is 0 Å². The fourth-order valence-electron chi connectivity index (χ4n) is 1.89. The van der Waals surface area contributed by atoms with Gasteiger partial charge in [0.25, 0.3) is 5.91 Å². The lowest BCUT2D eigenvalue weighted by molar-refractivity contribution is 0.0930. The van der Waals surface area contributed by atoms with Crippen molar-refractivity contribution in [3.05, 3.63) is 42.0 Å². The number of hydrazine groups is 1. The second kappa shape index (κ2) is 6.20. The van der Waals surface area contributed by atoms with Crippen molar-refractivity contribution in [2.24, 2.45) is 0 Å². The number of hydrogen-bond acceptors (Lipinski definition) is 3. The maximum absolute atomic E-state index is 11.9. The average molecular weight is 258 g/mol. The van der Waals surface area contributed by atoms with E-state index < -0.39 is 0 Å². The first-order valence-corrected chi connectivity index (χ1v) is 6.47. The van der Waals surface area contributed by atoms with Crippen LogP contribution in [0.15, 0.2) is 36.4 Å². The quantitative estimate of drug-likeness (QED) is 0.570. The summed E-state index contributed by atoms with van der Waals surface area (Å²) in [7, 11) is 0. The first kappa shape index (κ1) is 13.4. The van der Waals surface area contributed by atoms with E-state index in [-0.39, 0.29) is 17.2 Å². The Morgan fingerprint density at radius 3 is 2.58 bits per heavy atom. The molecule has 0 saturated heterocycles. The highest BCUT2D eigenvalue weighted by molar-refractivity contribution is 6.01. The van der Waals surface area contributed by atoms with Crippen LogP contribution in [0, 0.1) is 0 Å². The first-order valence-electron chi connectivity index (χ1n) is 6.47. The number of carbonyl (C=O) groups is 1. The van der Waals surface area contributed by atoms with Crippen LogP contribution >= 0.6 is 0 Å². The van der Waals surface area contributed by atoms with Crippen LogP contribution in [0.4, 0.5) is 0 Å². The van der Waals surface area contributed by atoms with E-state index in [1.54, 1.807) is 12.1 Å². The van der Waals surface area contributed by atoms with E-state index in [0.29, 0.717) is 0 Å². The van der Waals surface area contributed by atoms with Gasteiger partial charge in [-0.3, -0.25) is 10.2 Å². The number of phenolic OH excluding ortho intramolecular Hbond substituents is 1. The van der Waals surface area contributed by atoms with Crippen molar-refractivity contribution in [2.75, 3.05) is 6.54 Å². The number of carbonyl (C=O) groups excluding carboxylic acids is 1. The van der Waals surface area contributed by atoms with E-state index in [0.717, 1.165) is 30.2 Å². The van der Waals surface area contributed by atoms with Crippen LogP contribution in [-0.4, -0.2) is 17.6 Å². The molecule has 3 N–H and O–H groups in total. The molecule has 100 valence electrons. The Balaban J connectivity index is 2.15. The minimum absolute atomic E-state index is 0.00603. The van der Waals surface area contributed by atoms with Gasteiger partial charge in [-0.2, -0.15) is 0 Å². The molecule has 0 fully saturated rings. The lowest BCUT2D eigenvalue weighted by Gasteiger charge is -2.09. The molecule has 0 bridgehead atoms. The number of hydrogen-bond donors (Lipinski definition) is 3. The Bertz CT molecular complexity index is 581. The Kier molecular flexibility index (Phi) is 4.36. The molecule has 4 heteroatoms. The van der Waals surface area contributed by atoms with Gasteiger partial charge in [0.1, 0.15) is 5.75 Å². The molecule has 0 heterocycles. The molecule has 19 heavy (non-hydrogen) atoms. The van der Waals surface area contributed by atoms with Crippen molar-refractivity contribution in [3.63, 3.8) is 0 Å². The van der Waals surface area contributed by atoms with Crippen LogP contribution in [0.3, 0.4) is 0 Å². The fraction of sp³-hybridized carbons (Fsp3) is 0.267. The van der Waals surface area contributed by atoms with E-state index >= 15 is 0 Å². The molecule has 0 aromatic heterocycles. The number of aromatic hydroxyl groups is 1. The van der Waals surface area contributed by atoms with Crippen molar-refractivity contribution in [1.29, 1.82) is 0 Å². The number of fused-ring (bicyclic) bond motifs is 1. The van der Waals surface area contributed by atoms with Crippen molar-refractivity contribution >= 4 is 16.7 Å². The highest BCUT2D eigenvalue weighted by atomic mass is 16.3. The van der Waals surface area contributed by atoms with Crippen molar-refractivity contribution in [2.45, 2.75) is 19.8 Å². The zero-order valence-electron chi connectivity index (χ0n) is 10.9. The Morgan fingerprint density at radius 2 is 1.89 bits per heavy atom. The zero-order valence-corrected chi connectivity index (χ0v) is 10.9. The number of nitrogens with one attached hydrogen (secondary N) is 2. The molecule has 0 aliphatic heterocycles. The third kappa shape index (κ3) is 3.23. The highest BCUT2D eigenvalue weighted by Gasteiger charge is 2.11. The number of phenols is 1. The Labute approximate surface area is 112 Å². The molecular formula is C15H18N2O2. The summed E-state index contributed by atoms with van der Waals surface area (Å²) in [6, 6.07) is 10.9. The molecule has 0 unspecified atom stereocenters. The predicted molar refractivity (Wildman–Crippen MR) is 76.0 cm³/mol. The van der Waals surface area contributed by atoms with Crippen LogP contribution in [0.25, 0.3) is 10.8 Å². The van der Waals surface area contributed by atoms with Gasteiger partial charge in [0, 0.05) is 6.54 Å². The normalized spacial score (nSPS) is 10.6. The van der Waals surface area contributed by atoms with Crippen LogP contribution in [0.2, 0.25) is 0 Å². The summed E-state index contributed by atoms with van der Waals surface area (Å²) in [5, 5.41) is 11.7. The number of unbranched alkanes of at least 4 members (excludes halogenated alkanes) is 1. The zero-order chi connectivity index (χ0) is 13.7. The van der Waals surface area contributed by atoms with Crippen LogP contribution in [0.1, 0.15) is 30.1 Å². The summed E-state index contributed by atoms with van der Waals surface area (Å²) in [5.41, 5.74) is 5.72. The summed E-state index contributed by atoms with van der Waals surface area (Å²) >= 11 is 0. The molecule has 0 aliphatic rings. The lowest BCUT2D eigenvalue weighted by atomic mass is 10.1.